The molecule has 2 heterocycles. The summed E-state index contributed by atoms with van der Waals surface area (Å²) in [7, 11) is 0. The monoisotopic (exact) mass is 269 g/mol. The molecular weight excluding hydrogens is 254 g/mol. The number of aromatic nitrogens is 3. The molecule has 0 saturated carbocycles. The molecule has 102 valence electrons. The van der Waals surface area contributed by atoms with Gasteiger partial charge in [0.05, 0.1) is 23.8 Å². The molecule has 0 spiro atoms. The number of nitrogens with zero attached hydrogens (tertiary/aromatic N) is 3. The number of nitrogens with two attached hydrogens (primary N) is 1. The van der Waals surface area contributed by atoms with E-state index in [1.54, 1.807) is 17.1 Å². The van der Waals surface area contributed by atoms with E-state index >= 15 is 0 Å². The molecule has 0 aliphatic heterocycles. The van der Waals surface area contributed by atoms with Crippen molar-refractivity contribution in [2.75, 3.05) is 0 Å². The van der Waals surface area contributed by atoms with Crippen LogP contribution in [0.1, 0.15) is 23.1 Å². The van der Waals surface area contributed by atoms with Crippen LogP contribution in [0.5, 0.6) is 0 Å². The highest BCUT2D eigenvalue weighted by Gasteiger charge is 2.23. The minimum Gasteiger partial charge on any atom is -0.467 e. The number of benzene rings is 1. The first-order valence-electron chi connectivity index (χ1n) is 6.27. The van der Waals surface area contributed by atoms with Crippen molar-refractivity contribution in [1.82, 2.24) is 20.4 Å². The van der Waals surface area contributed by atoms with Crippen molar-refractivity contribution < 1.29 is 4.42 Å². The second kappa shape index (κ2) is 5.28. The van der Waals surface area contributed by atoms with E-state index < -0.39 is 0 Å². The van der Waals surface area contributed by atoms with Crippen molar-refractivity contribution in [3.8, 4) is 5.69 Å². The maximum absolute atomic E-state index is 5.69. The van der Waals surface area contributed by atoms with Crippen molar-refractivity contribution in [2.24, 2.45) is 5.84 Å². The van der Waals surface area contributed by atoms with Gasteiger partial charge in [-0.3, -0.25) is 5.84 Å². The average molecular weight is 269 g/mol. The highest BCUT2D eigenvalue weighted by molar-refractivity contribution is 5.34. The molecule has 3 rings (SSSR count). The molecule has 0 saturated heterocycles. The fraction of sp³-hybridized carbons (Fsp3) is 0.143. The minimum atomic E-state index is -0.305. The minimum absolute atomic E-state index is 0.305. The summed E-state index contributed by atoms with van der Waals surface area (Å²) >= 11 is 0. The van der Waals surface area contributed by atoms with Gasteiger partial charge in [-0.2, -0.15) is 0 Å². The predicted molar refractivity (Wildman–Crippen MR) is 74.0 cm³/mol. The molecule has 0 amide bonds. The molecule has 0 bridgehead atoms. The Balaban J connectivity index is 2.07. The van der Waals surface area contributed by atoms with Crippen LogP contribution in [0.3, 0.4) is 0 Å². The molecule has 0 aliphatic carbocycles. The van der Waals surface area contributed by atoms with Crippen LogP contribution in [0.15, 0.2) is 53.3 Å². The second-order valence-electron chi connectivity index (χ2n) is 4.47. The van der Waals surface area contributed by atoms with Gasteiger partial charge in [0.1, 0.15) is 11.8 Å². The number of para-hydroxylation sites is 1. The normalized spacial score (nSPS) is 12.5. The zero-order valence-electron chi connectivity index (χ0n) is 11.0. The number of hydrazine groups is 1. The van der Waals surface area contributed by atoms with E-state index in [9.17, 15) is 0 Å². The van der Waals surface area contributed by atoms with Gasteiger partial charge in [-0.1, -0.05) is 23.4 Å². The van der Waals surface area contributed by atoms with Crippen molar-refractivity contribution in [2.45, 2.75) is 13.0 Å². The molecule has 1 atom stereocenters. The third-order valence-electron chi connectivity index (χ3n) is 3.20. The maximum Gasteiger partial charge on any atom is 0.131 e. The summed E-state index contributed by atoms with van der Waals surface area (Å²) in [6, 6.07) is 11.4. The largest absolute Gasteiger partial charge is 0.467 e. The Morgan fingerprint density at radius 3 is 2.70 bits per heavy atom. The lowest BCUT2D eigenvalue weighted by molar-refractivity contribution is 0.439. The van der Waals surface area contributed by atoms with E-state index in [1.807, 2.05) is 43.3 Å². The summed E-state index contributed by atoms with van der Waals surface area (Å²) in [5.74, 6) is 6.45. The third kappa shape index (κ3) is 2.11. The number of nitrogens with one attached hydrogen (secondary N) is 1. The molecule has 1 unspecified atom stereocenters. The molecule has 2 aromatic heterocycles. The predicted octanol–water partition coefficient (Wildman–Crippen LogP) is 1.72. The van der Waals surface area contributed by atoms with Crippen LogP contribution in [-0.4, -0.2) is 15.0 Å². The standard InChI is InChI=1S/C14H15N5O/c1-10-7-8-20-14(10)13(17-15)12-9-16-18-19(12)11-5-3-2-4-6-11/h2-9,13,17H,15H2,1H3. The van der Waals surface area contributed by atoms with Crippen LogP contribution in [-0.2, 0) is 0 Å². The smallest absolute Gasteiger partial charge is 0.131 e. The highest BCUT2D eigenvalue weighted by Crippen LogP contribution is 2.25. The number of hydrogen-bond acceptors (Lipinski definition) is 5. The number of aryl methyl sites for hydroxylation is 1. The van der Waals surface area contributed by atoms with Gasteiger partial charge in [-0.05, 0) is 30.7 Å². The van der Waals surface area contributed by atoms with Crippen LogP contribution in [0, 0.1) is 6.92 Å². The molecular formula is C14H15N5O. The van der Waals surface area contributed by atoms with Gasteiger partial charge < -0.3 is 4.42 Å². The first-order chi connectivity index (χ1) is 9.81. The molecule has 0 aliphatic rings. The molecule has 6 nitrogen and oxygen atoms in total. The lowest BCUT2D eigenvalue weighted by atomic mass is 10.1. The van der Waals surface area contributed by atoms with Crippen LogP contribution >= 0.6 is 0 Å². The van der Waals surface area contributed by atoms with Crippen molar-refractivity contribution in [3.05, 3.63) is 65.9 Å². The van der Waals surface area contributed by atoms with E-state index in [0.717, 1.165) is 22.7 Å². The summed E-state index contributed by atoms with van der Waals surface area (Å²) in [5.41, 5.74) is 5.52. The number of furan rings is 1. The maximum atomic E-state index is 5.69. The summed E-state index contributed by atoms with van der Waals surface area (Å²) in [6.07, 6.45) is 3.32. The van der Waals surface area contributed by atoms with Gasteiger partial charge in [-0.15, -0.1) is 5.10 Å². The van der Waals surface area contributed by atoms with E-state index in [0.29, 0.717) is 0 Å². The Morgan fingerprint density at radius 1 is 1.25 bits per heavy atom. The fourth-order valence-electron chi connectivity index (χ4n) is 2.19. The molecule has 6 heteroatoms. The second-order valence-corrected chi connectivity index (χ2v) is 4.47. The third-order valence-corrected chi connectivity index (χ3v) is 3.20. The van der Waals surface area contributed by atoms with Crippen LogP contribution in [0.25, 0.3) is 5.69 Å². The first kappa shape index (κ1) is 12.6. The lowest BCUT2D eigenvalue weighted by Crippen LogP contribution is -2.30. The van der Waals surface area contributed by atoms with Gasteiger partial charge in [0, 0.05) is 0 Å². The van der Waals surface area contributed by atoms with E-state index in [1.165, 1.54) is 0 Å². The van der Waals surface area contributed by atoms with Crippen LogP contribution < -0.4 is 11.3 Å². The molecule has 0 radical (unpaired) electrons. The van der Waals surface area contributed by atoms with E-state index in [-0.39, 0.29) is 6.04 Å². The quantitative estimate of drug-likeness (QED) is 0.556. The molecule has 0 fully saturated rings. The highest BCUT2D eigenvalue weighted by atomic mass is 16.3. The van der Waals surface area contributed by atoms with Crippen molar-refractivity contribution in [3.63, 3.8) is 0 Å². The van der Waals surface area contributed by atoms with Gasteiger partial charge in [0.15, 0.2) is 0 Å². The Kier molecular flexibility index (Phi) is 3.32. The van der Waals surface area contributed by atoms with Gasteiger partial charge in [-0.25, -0.2) is 10.1 Å². The summed E-state index contributed by atoms with van der Waals surface area (Å²) in [4.78, 5) is 0. The Labute approximate surface area is 116 Å². The van der Waals surface area contributed by atoms with Gasteiger partial charge in [0.2, 0.25) is 0 Å². The Hall–Kier alpha value is -2.44. The zero-order valence-corrected chi connectivity index (χ0v) is 11.0. The Bertz CT molecular complexity index is 688. The zero-order chi connectivity index (χ0) is 13.9. The number of rotatable bonds is 4. The first-order valence-corrected chi connectivity index (χ1v) is 6.27. The molecule has 20 heavy (non-hydrogen) atoms. The van der Waals surface area contributed by atoms with Gasteiger partial charge >= 0.3 is 0 Å². The molecule has 1 aromatic carbocycles. The average Bonchev–Trinajstić information content (AvgIpc) is 3.11. The van der Waals surface area contributed by atoms with E-state index in [2.05, 4.69) is 15.7 Å². The topological polar surface area (TPSA) is 81.9 Å². The van der Waals surface area contributed by atoms with Crippen molar-refractivity contribution >= 4 is 0 Å². The van der Waals surface area contributed by atoms with Crippen LogP contribution in [0.2, 0.25) is 0 Å². The van der Waals surface area contributed by atoms with Crippen LogP contribution in [0.4, 0.5) is 0 Å². The summed E-state index contributed by atoms with van der Waals surface area (Å²) < 4.78 is 7.26. The summed E-state index contributed by atoms with van der Waals surface area (Å²) in [5, 5.41) is 8.11. The van der Waals surface area contributed by atoms with Crippen molar-refractivity contribution in [1.29, 1.82) is 0 Å². The van der Waals surface area contributed by atoms with E-state index in [4.69, 9.17) is 10.3 Å². The SMILES string of the molecule is Cc1ccoc1C(NN)c1cnnn1-c1ccccc1. The lowest BCUT2D eigenvalue weighted by Gasteiger charge is -2.15. The number of hydrogen-bond donors (Lipinski definition) is 2. The molecule has 3 N–H and O–H groups in total. The molecule has 3 aromatic rings. The fourth-order valence-corrected chi connectivity index (χ4v) is 2.19. The van der Waals surface area contributed by atoms with Gasteiger partial charge in [0.25, 0.3) is 0 Å². The Morgan fingerprint density at radius 2 is 2.05 bits per heavy atom. The summed E-state index contributed by atoms with van der Waals surface area (Å²) in [6.45, 7) is 1.97.